The Labute approximate surface area is 107 Å². The van der Waals surface area contributed by atoms with Crippen LogP contribution in [0.4, 0.5) is 4.39 Å². The van der Waals surface area contributed by atoms with Crippen LogP contribution in [-0.2, 0) is 0 Å². The van der Waals surface area contributed by atoms with E-state index in [0.29, 0.717) is 0 Å². The van der Waals surface area contributed by atoms with Crippen LogP contribution in [-0.4, -0.2) is 6.61 Å². The van der Waals surface area contributed by atoms with Gasteiger partial charge in [-0.25, -0.2) is 4.39 Å². The predicted molar refractivity (Wildman–Crippen MR) is 72.2 cm³/mol. The van der Waals surface area contributed by atoms with Crippen LogP contribution in [0.3, 0.4) is 0 Å². The minimum Gasteiger partial charge on any atom is -0.494 e. The molecule has 2 rings (SSSR count). The number of unbranched alkanes of at least 4 members (excludes halogenated alkanes) is 1. The van der Waals surface area contributed by atoms with Gasteiger partial charge in [-0.3, -0.25) is 0 Å². The molecule has 0 saturated carbocycles. The molecule has 0 radical (unpaired) electrons. The van der Waals surface area contributed by atoms with Gasteiger partial charge in [-0.1, -0.05) is 37.6 Å². The van der Waals surface area contributed by atoms with Gasteiger partial charge >= 0.3 is 0 Å². The molecular formula is C16H17FO. The largest absolute Gasteiger partial charge is 0.494 e. The highest BCUT2D eigenvalue weighted by Gasteiger charge is 1.99. The molecule has 0 spiro atoms. The third kappa shape index (κ3) is 3.33. The second kappa shape index (κ2) is 6.20. The first-order valence-electron chi connectivity index (χ1n) is 6.28. The third-order valence-electron chi connectivity index (χ3n) is 2.80. The summed E-state index contributed by atoms with van der Waals surface area (Å²) in [7, 11) is 0. The van der Waals surface area contributed by atoms with E-state index in [4.69, 9.17) is 4.74 Å². The van der Waals surface area contributed by atoms with Gasteiger partial charge in [-0.2, -0.15) is 0 Å². The topological polar surface area (TPSA) is 9.23 Å². The van der Waals surface area contributed by atoms with Gasteiger partial charge in [0, 0.05) is 0 Å². The second-order valence-electron chi connectivity index (χ2n) is 4.23. The SMILES string of the molecule is CCCCOc1ccc(-c2ccc(F)cc2)cc1. The molecule has 94 valence electrons. The number of hydrogen-bond acceptors (Lipinski definition) is 1. The van der Waals surface area contributed by atoms with E-state index in [-0.39, 0.29) is 5.82 Å². The summed E-state index contributed by atoms with van der Waals surface area (Å²) in [6.07, 6.45) is 2.20. The van der Waals surface area contributed by atoms with Gasteiger partial charge in [0.1, 0.15) is 11.6 Å². The Morgan fingerprint density at radius 1 is 0.889 bits per heavy atom. The van der Waals surface area contributed by atoms with Gasteiger partial charge in [0.2, 0.25) is 0 Å². The minimum atomic E-state index is -0.210. The maximum atomic E-state index is 12.8. The van der Waals surface area contributed by atoms with Crippen LogP contribution in [0.5, 0.6) is 5.75 Å². The van der Waals surface area contributed by atoms with Crippen molar-refractivity contribution in [2.45, 2.75) is 19.8 Å². The van der Waals surface area contributed by atoms with E-state index >= 15 is 0 Å². The number of hydrogen-bond donors (Lipinski definition) is 0. The fourth-order valence-electron chi connectivity index (χ4n) is 1.72. The molecule has 0 amide bonds. The molecule has 0 aromatic heterocycles. The molecule has 0 aliphatic heterocycles. The maximum Gasteiger partial charge on any atom is 0.123 e. The Bertz CT molecular complexity index is 473. The van der Waals surface area contributed by atoms with Crippen molar-refractivity contribution >= 4 is 0 Å². The van der Waals surface area contributed by atoms with E-state index in [2.05, 4.69) is 6.92 Å². The molecule has 2 aromatic rings. The fourth-order valence-corrected chi connectivity index (χ4v) is 1.72. The monoisotopic (exact) mass is 244 g/mol. The lowest BCUT2D eigenvalue weighted by atomic mass is 10.1. The Balaban J connectivity index is 2.05. The summed E-state index contributed by atoms with van der Waals surface area (Å²) in [6.45, 7) is 2.90. The number of rotatable bonds is 5. The fraction of sp³-hybridized carbons (Fsp3) is 0.250. The van der Waals surface area contributed by atoms with Crippen LogP contribution in [0.2, 0.25) is 0 Å². The summed E-state index contributed by atoms with van der Waals surface area (Å²) in [5.41, 5.74) is 2.08. The van der Waals surface area contributed by atoms with Crippen molar-refractivity contribution in [3.05, 3.63) is 54.3 Å². The van der Waals surface area contributed by atoms with E-state index in [9.17, 15) is 4.39 Å². The van der Waals surface area contributed by atoms with Crippen LogP contribution in [0.1, 0.15) is 19.8 Å². The molecule has 0 aliphatic rings. The summed E-state index contributed by atoms with van der Waals surface area (Å²) >= 11 is 0. The van der Waals surface area contributed by atoms with Gasteiger partial charge in [0.15, 0.2) is 0 Å². The third-order valence-corrected chi connectivity index (χ3v) is 2.80. The Morgan fingerprint density at radius 3 is 2.00 bits per heavy atom. The molecule has 2 heteroatoms. The lowest BCUT2D eigenvalue weighted by Gasteiger charge is -2.06. The average Bonchev–Trinajstić information content (AvgIpc) is 2.41. The van der Waals surface area contributed by atoms with Crippen molar-refractivity contribution in [2.75, 3.05) is 6.61 Å². The highest BCUT2D eigenvalue weighted by atomic mass is 19.1. The zero-order valence-corrected chi connectivity index (χ0v) is 10.5. The molecule has 1 nitrogen and oxygen atoms in total. The molecule has 0 saturated heterocycles. The van der Waals surface area contributed by atoms with Crippen molar-refractivity contribution in [1.82, 2.24) is 0 Å². The summed E-state index contributed by atoms with van der Waals surface area (Å²) in [4.78, 5) is 0. The van der Waals surface area contributed by atoms with Gasteiger partial charge < -0.3 is 4.74 Å². The number of ether oxygens (including phenoxy) is 1. The van der Waals surface area contributed by atoms with Crippen molar-refractivity contribution in [3.63, 3.8) is 0 Å². The zero-order chi connectivity index (χ0) is 12.8. The van der Waals surface area contributed by atoms with Crippen molar-refractivity contribution in [1.29, 1.82) is 0 Å². The standard InChI is InChI=1S/C16H17FO/c1-2-3-12-18-16-10-6-14(7-11-16)13-4-8-15(17)9-5-13/h4-11H,2-3,12H2,1H3. The first-order valence-corrected chi connectivity index (χ1v) is 6.28. The molecule has 18 heavy (non-hydrogen) atoms. The van der Waals surface area contributed by atoms with E-state index < -0.39 is 0 Å². The van der Waals surface area contributed by atoms with Crippen LogP contribution in [0.15, 0.2) is 48.5 Å². The lowest BCUT2D eigenvalue weighted by Crippen LogP contribution is -1.95. The lowest BCUT2D eigenvalue weighted by molar-refractivity contribution is 0.309. The first-order chi connectivity index (χ1) is 8.79. The smallest absolute Gasteiger partial charge is 0.123 e. The van der Waals surface area contributed by atoms with Gasteiger partial charge in [-0.15, -0.1) is 0 Å². The molecule has 0 aliphatic carbocycles. The highest BCUT2D eigenvalue weighted by Crippen LogP contribution is 2.22. The van der Waals surface area contributed by atoms with Crippen LogP contribution < -0.4 is 4.74 Å². The van der Waals surface area contributed by atoms with Crippen molar-refractivity contribution in [2.24, 2.45) is 0 Å². The second-order valence-corrected chi connectivity index (χ2v) is 4.23. The summed E-state index contributed by atoms with van der Waals surface area (Å²) in [5, 5.41) is 0. The molecule has 0 bridgehead atoms. The first kappa shape index (κ1) is 12.6. The van der Waals surface area contributed by atoms with Crippen LogP contribution in [0, 0.1) is 5.82 Å². The van der Waals surface area contributed by atoms with Crippen molar-refractivity contribution < 1.29 is 9.13 Å². The molecule has 2 aromatic carbocycles. The quantitative estimate of drug-likeness (QED) is 0.694. The molecule has 0 atom stereocenters. The highest BCUT2D eigenvalue weighted by molar-refractivity contribution is 5.63. The van der Waals surface area contributed by atoms with Gasteiger partial charge in [-0.05, 0) is 41.8 Å². The van der Waals surface area contributed by atoms with Crippen LogP contribution in [0.25, 0.3) is 11.1 Å². The Morgan fingerprint density at radius 2 is 1.44 bits per heavy atom. The summed E-state index contributed by atoms with van der Waals surface area (Å²) in [6, 6.07) is 14.4. The maximum absolute atomic E-state index is 12.8. The number of halogens is 1. The van der Waals surface area contributed by atoms with Gasteiger partial charge in [0.05, 0.1) is 6.61 Å². The molecular weight excluding hydrogens is 227 g/mol. The van der Waals surface area contributed by atoms with E-state index in [0.717, 1.165) is 36.3 Å². The molecule has 0 N–H and O–H groups in total. The summed E-state index contributed by atoms with van der Waals surface area (Å²) in [5.74, 6) is 0.674. The van der Waals surface area contributed by atoms with E-state index in [1.165, 1.54) is 12.1 Å². The molecule has 0 fully saturated rings. The molecule has 0 heterocycles. The van der Waals surface area contributed by atoms with E-state index in [1.54, 1.807) is 12.1 Å². The predicted octanol–water partition coefficient (Wildman–Crippen LogP) is 4.67. The average molecular weight is 244 g/mol. The minimum absolute atomic E-state index is 0.210. The van der Waals surface area contributed by atoms with Gasteiger partial charge in [0.25, 0.3) is 0 Å². The van der Waals surface area contributed by atoms with Crippen molar-refractivity contribution in [3.8, 4) is 16.9 Å². The molecule has 0 unspecified atom stereocenters. The summed E-state index contributed by atoms with van der Waals surface area (Å²) < 4.78 is 18.4. The number of benzene rings is 2. The van der Waals surface area contributed by atoms with Crippen LogP contribution >= 0.6 is 0 Å². The zero-order valence-electron chi connectivity index (χ0n) is 10.5. The Hall–Kier alpha value is -1.83. The van der Waals surface area contributed by atoms with E-state index in [1.807, 2.05) is 24.3 Å². The Kier molecular flexibility index (Phi) is 4.35. The normalized spacial score (nSPS) is 10.3.